The molecule has 0 aromatic heterocycles. The lowest BCUT2D eigenvalue weighted by Gasteiger charge is -2.38. The zero-order valence-electron chi connectivity index (χ0n) is 15.0. The lowest BCUT2D eigenvalue weighted by Crippen LogP contribution is -2.39. The van der Waals surface area contributed by atoms with Crippen LogP contribution in [0.1, 0.15) is 41.1 Å². The number of carboxylic acids is 1. The molecule has 1 aliphatic rings. The van der Waals surface area contributed by atoms with Crippen molar-refractivity contribution in [1.29, 1.82) is 0 Å². The summed E-state index contributed by atoms with van der Waals surface area (Å²) in [6, 6.07) is 12.1. The first kappa shape index (κ1) is 19.2. The standard InChI is InChI=1S/C21H23Cl2NO2/c1-13-3-4-14(2)18(11-13)20(17-6-5-16(22)12-19(17)23)24-9-7-15(8-10-24)21(25)26/h3-6,11-12,15,20H,7-10H2,1-2H3,(H,25,26). The Hall–Kier alpha value is -1.55. The van der Waals surface area contributed by atoms with Gasteiger partial charge in [-0.05, 0) is 68.6 Å². The van der Waals surface area contributed by atoms with E-state index in [0.717, 1.165) is 18.7 Å². The van der Waals surface area contributed by atoms with Gasteiger partial charge in [-0.3, -0.25) is 9.69 Å². The van der Waals surface area contributed by atoms with E-state index in [1.54, 1.807) is 6.07 Å². The number of aliphatic carboxylic acids is 1. The quantitative estimate of drug-likeness (QED) is 0.747. The van der Waals surface area contributed by atoms with E-state index < -0.39 is 5.97 Å². The fourth-order valence-electron chi connectivity index (χ4n) is 3.74. The fraction of sp³-hybridized carbons (Fsp3) is 0.381. The highest BCUT2D eigenvalue weighted by atomic mass is 35.5. The molecule has 0 radical (unpaired) electrons. The number of hydrogen-bond acceptors (Lipinski definition) is 2. The fourth-order valence-corrected chi connectivity index (χ4v) is 4.26. The molecule has 0 aliphatic carbocycles. The molecule has 1 aliphatic heterocycles. The minimum atomic E-state index is -0.697. The highest BCUT2D eigenvalue weighted by Gasteiger charge is 2.31. The van der Waals surface area contributed by atoms with Crippen LogP contribution in [0.25, 0.3) is 0 Å². The van der Waals surface area contributed by atoms with Crippen LogP contribution in [0.2, 0.25) is 10.0 Å². The van der Waals surface area contributed by atoms with Gasteiger partial charge in [0.05, 0.1) is 12.0 Å². The lowest BCUT2D eigenvalue weighted by atomic mass is 9.89. The molecule has 2 aromatic rings. The summed E-state index contributed by atoms with van der Waals surface area (Å²) in [5.74, 6) is -0.955. The number of hydrogen-bond donors (Lipinski definition) is 1. The number of likely N-dealkylation sites (tertiary alicyclic amines) is 1. The smallest absolute Gasteiger partial charge is 0.306 e. The molecule has 0 bridgehead atoms. The first-order valence-electron chi connectivity index (χ1n) is 8.85. The third-order valence-corrected chi connectivity index (χ3v) is 5.79. The maximum absolute atomic E-state index is 11.3. The van der Waals surface area contributed by atoms with E-state index in [0.29, 0.717) is 22.9 Å². The van der Waals surface area contributed by atoms with Crippen LogP contribution in [0.5, 0.6) is 0 Å². The second-order valence-corrected chi connectivity index (χ2v) is 7.92. The van der Waals surface area contributed by atoms with Crippen molar-refractivity contribution in [2.45, 2.75) is 32.7 Å². The number of rotatable bonds is 4. The topological polar surface area (TPSA) is 40.5 Å². The van der Waals surface area contributed by atoms with E-state index in [2.05, 4.69) is 36.9 Å². The average molecular weight is 392 g/mol. The minimum absolute atomic E-state index is 0.00517. The van der Waals surface area contributed by atoms with E-state index in [9.17, 15) is 9.90 Å². The van der Waals surface area contributed by atoms with Gasteiger partial charge in [0.25, 0.3) is 0 Å². The summed E-state index contributed by atoms with van der Waals surface area (Å²) in [5.41, 5.74) is 4.62. The van der Waals surface area contributed by atoms with Crippen LogP contribution in [-0.4, -0.2) is 29.1 Å². The van der Waals surface area contributed by atoms with Gasteiger partial charge < -0.3 is 5.11 Å². The van der Waals surface area contributed by atoms with Crippen molar-refractivity contribution in [1.82, 2.24) is 4.90 Å². The molecule has 1 fully saturated rings. The second-order valence-electron chi connectivity index (χ2n) is 7.08. The summed E-state index contributed by atoms with van der Waals surface area (Å²) in [7, 11) is 0. The van der Waals surface area contributed by atoms with Crippen LogP contribution in [0.3, 0.4) is 0 Å². The number of carboxylic acid groups (broad SMARTS) is 1. The molecular weight excluding hydrogens is 369 g/mol. The van der Waals surface area contributed by atoms with Crippen molar-refractivity contribution in [3.05, 3.63) is 68.7 Å². The summed E-state index contributed by atoms with van der Waals surface area (Å²) in [6.45, 7) is 5.65. The van der Waals surface area contributed by atoms with E-state index >= 15 is 0 Å². The number of aryl methyl sites for hydroxylation is 2. The zero-order chi connectivity index (χ0) is 18.8. The Morgan fingerprint density at radius 1 is 1.08 bits per heavy atom. The largest absolute Gasteiger partial charge is 0.481 e. The first-order valence-corrected chi connectivity index (χ1v) is 9.61. The van der Waals surface area contributed by atoms with Crippen molar-refractivity contribution >= 4 is 29.2 Å². The highest BCUT2D eigenvalue weighted by molar-refractivity contribution is 6.35. The summed E-state index contributed by atoms with van der Waals surface area (Å²) in [4.78, 5) is 13.7. The second kappa shape index (κ2) is 7.99. The SMILES string of the molecule is Cc1ccc(C)c(C(c2ccc(Cl)cc2Cl)N2CCC(C(=O)O)CC2)c1. The molecular formula is C21H23Cl2NO2. The van der Waals surface area contributed by atoms with Crippen molar-refractivity contribution in [2.24, 2.45) is 5.92 Å². The molecule has 138 valence electrons. The first-order chi connectivity index (χ1) is 12.4. The van der Waals surface area contributed by atoms with Crippen molar-refractivity contribution in [3.63, 3.8) is 0 Å². The van der Waals surface area contributed by atoms with Gasteiger partial charge in [0.15, 0.2) is 0 Å². The molecule has 5 heteroatoms. The van der Waals surface area contributed by atoms with E-state index in [4.69, 9.17) is 23.2 Å². The van der Waals surface area contributed by atoms with Gasteiger partial charge in [-0.1, -0.05) is 53.0 Å². The monoisotopic (exact) mass is 391 g/mol. The average Bonchev–Trinajstić information content (AvgIpc) is 2.60. The molecule has 3 nitrogen and oxygen atoms in total. The highest BCUT2D eigenvalue weighted by Crippen LogP contribution is 2.38. The number of benzene rings is 2. The van der Waals surface area contributed by atoms with Crippen LogP contribution in [0.15, 0.2) is 36.4 Å². The van der Waals surface area contributed by atoms with Gasteiger partial charge in [0, 0.05) is 10.0 Å². The Labute approximate surface area is 164 Å². The number of carbonyl (C=O) groups is 1. The van der Waals surface area contributed by atoms with Crippen LogP contribution < -0.4 is 0 Å². The molecule has 1 unspecified atom stereocenters. The summed E-state index contributed by atoms with van der Waals surface area (Å²) in [6.07, 6.45) is 1.31. The van der Waals surface area contributed by atoms with Gasteiger partial charge in [-0.15, -0.1) is 0 Å². The molecule has 0 amide bonds. The van der Waals surface area contributed by atoms with Crippen molar-refractivity contribution in [2.75, 3.05) is 13.1 Å². The maximum atomic E-state index is 11.3. The molecule has 0 saturated carbocycles. The Bertz CT molecular complexity index is 814. The van der Waals surface area contributed by atoms with Crippen LogP contribution in [0.4, 0.5) is 0 Å². The summed E-state index contributed by atoms with van der Waals surface area (Å²) < 4.78 is 0. The molecule has 1 N–H and O–H groups in total. The number of piperidine rings is 1. The Kier molecular flexibility index (Phi) is 5.91. The van der Waals surface area contributed by atoms with Gasteiger partial charge in [0.2, 0.25) is 0 Å². The van der Waals surface area contributed by atoms with Gasteiger partial charge >= 0.3 is 5.97 Å². The number of nitrogens with zero attached hydrogens (tertiary/aromatic N) is 1. The zero-order valence-corrected chi connectivity index (χ0v) is 16.5. The molecule has 1 heterocycles. The van der Waals surface area contributed by atoms with Crippen LogP contribution >= 0.6 is 23.2 Å². The molecule has 2 aromatic carbocycles. The van der Waals surface area contributed by atoms with Gasteiger partial charge in [-0.25, -0.2) is 0 Å². The normalized spacial score (nSPS) is 17.2. The Morgan fingerprint density at radius 3 is 2.38 bits per heavy atom. The summed E-state index contributed by atoms with van der Waals surface area (Å²) >= 11 is 12.7. The predicted molar refractivity (Wildman–Crippen MR) is 106 cm³/mol. The maximum Gasteiger partial charge on any atom is 0.306 e. The molecule has 0 spiro atoms. The van der Waals surface area contributed by atoms with Gasteiger partial charge in [-0.2, -0.15) is 0 Å². The lowest BCUT2D eigenvalue weighted by molar-refractivity contribution is -0.143. The van der Waals surface area contributed by atoms with Crippen molar-refractivity contribution in [3.8, 4) is 0 Å². The molecule has 1 atom stereocenters. The third-order valence-electron chi connectivity index (χ3n) is 5.23. The Morgan fingerprint density at radius 2 is 1.77 bits per heavy atom. The Balaban J connectivity index is 2.02. The molecule has 1 saturated heterocycles. The van der Waals surface area contributed by atoms with Crippen molar-refractivity contribution < 1.29 is 9.90 Å². The van der Waals surface area contributed by atoms with Crippen LogP contribution in [-0.2, 0) is 4.79 Å². The van der Waals surface area contributed by atoms with E-state index in [-0.39, 0.29) is 12.0 Å². The summed E-state index contributed by atoms with van der Waals surface area (Å²) in [5, 5.41) is 10.6. The third kappa shape index (κ3) is 4.06. The predicted octanol–water partition coefficient (Wildman–Crippen LogP) is 5.50. The van der Waals surface area contributed by atoms with Gasteiger partial charge in [0.1, 0.15) is 0 Å². The van der Waals surface area contributed by atoms with E-state index in [1.165, 1.54) is 16.7 Å². The minimum Gasteiger partial charge on any atom is -0.481 e. The molecule has 26 heavy (non-hydrogen) atoms. The molecule has 3 rings (SSSR count). The van der Waals surface area contributed by atoms with E-state index in [1.807, 2.05) is 12.1 Å². The van der Waals surface area contributed by atoms with Crippen LogP contribution in [0, 0.1) is 19.8 Å². The number of halogens is 2.